The zero-order valence-corrected chi connectivity index (χ0v) is 18.6. The van der Waals surface area contributed by atoms with Gasteiger partial charge in [-0.25, -0.2) is 4.98 Å². The first-order valence-corrected chi connectivity index (χ1v) is 11.7. The lowest BCUT2D eigenvalue weighted by atomic mass is 10.2. The normalized spacial score (nSPS) is 13.5. The number of carbonyl (C=O) groups excluding carboxylic acids is 1. The van der Waals surface area contributed by atoms with Gasteiger partial charge >= 0.3 is 0 Å². The van der Waals surface area contributed by atoms with Crippen LogP contribution < -0.4 is 10.1 Å². The van der Waals surface area contributed by atoms with Crippen LogP contribution in [0.5, 0.6) is 5.75 Å². The van der Waals surface area contributed by atoms with E-state index in [0.29, 0.717) is 17.5 Å². The number of benzene rings is 2. The van der Waals surface area contributed by atoms with E-state index in [4.69, 9.17) is 21.3 Å². The van der Waals surface area contributed by atoms with Crippen LogP contribution >= 0.6 is 11.6 Å². The van der Waals surface area contributed by atoms with Crippen molar-refractivity contribution in [2.24, 2.45) is 5.92 Å². The maximum absolute atomic E-state index is 11.7. The maximum Gasteiger partial charge on any atom is 0.223 e. The number of halogens is 1. The van der Waals surface area contributed by atoms with Crippen molar-refractivity contribution in [2.45, 2.75) is 51.5 Å². The average molecular weight is 440 g/mol. The van der Waals surface area contributed by atoms with Crippen LogP contribution in [-0.4, -0.2) is 28.6 Å². The van der Waals surface area contributed by atoms with E-state index in [1.165, 1.54) is 5.52 Å². The zero-order valence-electron chi connectivity index (χ0n) is 17.9. The summed E-state index contributed by atoms with van der Waals surface area (Å²) in [5.74, 6) is 2.39. The van der Waals surface area contributed by atoms with Crippen molar-refractivity contribution in [3.8, 4) is 5.75 Å². The summed E-state index contributed by atoms with van der Waals surface area (Å²) in [6.45, 7) is 2.25. The third-order valence-corrected chi connectivity index (χ3v) is 5.99. The van der Waals surface area contributed by atoms with E-state index in [1.807, 2.05) is 30.3 Å². The van der Waals surface area contributed by atoms with Gasteiger partial charge < -0.3 is 14.6 Å². The summed E-state index contributed by atoms with van der Waals surface area (Å²) in [6, 6.07) is 15.9. The summed E-state index contributed by atoms with van der Waals surface area (Å²) in [5, 5.41) is 3.69. The topological polar surface area (TPSA) is 56.2 Å². The number of fused-ring (bicyclic) bond motifs is 1. The molecule has 1 aromatic heterocycles. The Morgan fingerprint density at radius 2 is 1.87 bits per heavy atom. The fraction of sp³-hybridized carbons (Fsp3) is 0.440. The lowest BCUT2D eigenvalue weighted by Crippen LogP contribution is -2.25. The summed E-state index contributed by atoms with van der Waals surface area (Å²) in [5.41, 5.74) is 2.22. The second-order valence-corrected chi connectivity index (χ2v) is 8.58. The second kappa shape index (κ2) is 10.7. The van der Waals surface area contributed by atoms with E-state index >= 15 is 0 Å². The maximum atomic E-state index is 11.7. The van der Waals surface area contributed by atoms with Crippen molar-refractivity contribution in [3.63, 3.8) is 0 Å². The van der Waals surface area contributed by atoms with Crippen LogP contribution in [0.4, 0.5) is 0 Å². The highest BCUT2D eigenvalue weighted by Gasteiger charge is 2.28. The van der Waals surface area contributed by atoms with Gasteiger partial charge in [-0.2, -0.15) is 0 Å². The fourth-order valence-corrected chi connectivity index (χ4v) is 4.01. The van der Waals surface area contributed by atoms with E-state index in [2.05, 4.69) is 28.1 Å². The number of hydrogen-bond donors (Lipinski definition) is 1. The van der Waals surface area contributed by atoms with Crippen LogP contribution in [0.25, 0.3) is 11.0 Å². The van der Waals surface area contributed by atoms with E-state index < -0.39 is 0 Å². The van der Waals surface area contributed by atoms with Gasteiger partial charge in [-0.05, 0) is 56.4 Å². The van der Waals surface area contributed by atoms with E-state index in [1.54, 1.807) is 0 Å². The minimum Gasteiger partial charge on any atom is -0.492 e. The van der Waals surface area contributed by atoms with Gasteiger partial charge in [0.15, 0.2) is 0 Å². The standard InChI is InChI=1S/C25H30ClN3O2/c26-20-9-3-6-12-23(20)31-18-8-17-29-22-11-5-4-10-21(22)28-24(29)13-2-1-7-16-27-25(30)19-14-15-19/h3-6,9-12,19H,1-2,7-8,13-18H2,(H,27,30). The molecule has 3 aromatic rings. The van der Waals surface area contributed by atoms with Gasteiger partial charge in [0.1, 0.15) is 11.6 Å². The Morgan fingerprint density at radius 3 is 2.71 bits per heavy atom. The molecule has 2 aromatic carbocycles. The predicted molar refractivity (Wildman–Crippen MR) is 125 cm³/mol. The molecule has 1 saturated carbocycles. The first kappa shape index (κ1) is 21.7. The molecule has 5 nitrogen and oxygen atoms in total. The van der Waals surface area contributed by atoms with Crippen molar-refractivity contribution in [3.05, 3.63) is 59.4 Å². The van der Waals surface area contributed by atoms with E-state index in [-0.39, 0.29) is 5.91 Å². The highest BCUT2D eigenvalue weighted by Crippen LogP contribution is 2.28. The van der Waals surface area contributed by atoms with Crippen molar-refractivity contribution >= 4 is 28.5 Å². The molecule has 0 atom stereocenters. The Hall–Kier alpha value is -2.53. The molecule has 31 heavy (non-hydrogen) atoms. The number of aryl methyl sites for hydroxylation is 2. The largest absolute Gasteiger partial charge is 0.492 e. The minimum atomic E-state index is 0.237. The molecule has 0 saturated heterocycles. The highest BCUT2D eigenvalue weighted by molar-refractivity contribution is 6.32. The third-order valence-electron chi connectivity index (χ3n) is 5.68. The molecular weight excluding hydrogens is 410 g/mol. The molecule has 4 rings (SSSR count). The van der Waals surface area contributed by atoms with Gasteiger partial charge in [0.2, 0.25) is 5.91 Å². The molecule has 0 unspecified atom stereocenters. The molecule has 0 aliphatic heterocycles. The Morgan fingerprint density at radius 1 is 1.06 bits per heavy atom. The molecule has 164 valence electrons. The van der Waals surface area contributed by atoms with Gasteiger partial charge in [0, 0.05) is 25.4 Å². The number of rotatable bonds is 12. The lowest BCUT2D eigenvalue weighted by Gasteiger charge is -2.11. The Balaban J connectivity index is 1.27. The molecule has 1 aliphatic rings. The SMILES string of the molecule is O=C(NCCCCCc1nc2ccccc2n1CCCOc1ccccc1Cl)C1CC1. The number of imidazole rings is 1. The lowest BCUT2D eigenvalue weighted by molar-refractivity contribution is -0.122. The molecule has 0 bridgehead atoms. The first-order chi connectivity index (χ1) is 15.2. The predicted octanol–water partition coefficient (Wildman–Crippen LogP) is 5.40. The van der Waals surface area contributed by atoms with Gasteiger partial charge in [-0.3, -0.25) is 4.79 Å². The molecular formula is C25H30ClN3O2. The molecule has 0 radical (unpaired) electrons. The number of nitrogens with zero attached hydrogens (tertiary/aromatic N) is 2. The van der Waals surface area contributed by atoms with Crippen LogP contribution in [0.15, 0.2) is 48.5 Å². The van der Waals surface area contributed by atoms with Crippen molar-refractivity contribution in [1.29, 1.82) is 0 Å². The molecule has 1 aliphatic carbocycles. The number of hydrogen-bond acceptors (Lipinski definition) is 3. The van der Waals surface area contributed by atoms with Gasteiger partial charge in [0.25, 0.3) is 0 Å². The van der Waals surface area contributed by atoms with E-state index in [0.717, 1.165) is 75.1 Å². The van der Waals surface area contributed by atoms with Gasteiger partial charge in [0.05, 0.1) is 22.7 Å². The van der Waals surface area contributed by atoms with Crippen LogP contribution in [0, 0.1) is 5.92 Å². The van der Waals surface area contributed by atoms with Crippen LogP contribution in [0.1, 0.15) is 44.3 Å². The van der Waals surface area contributed by atoms with Gasteiger partial charge in [-0.1, -0.05) is 42.3 Å². The number of unbranched alkanes of at least 4 members (excludes halogenated alkanes) is 2. The average Bonchev–Trinajstić information content (AvgIpc) is 3.57. The molecule has 6 heteroatoms. The number of ether oxygens (including phenoxy) is 1. The highest BCUT2D eigenvalue weighted by atomic mass is 35.5. The summed E-state index contributed by atoms with van der Waals surface area (Å²) in [7, 11) is 0. The van der Waals surface area contributed by atoms with Gasteiger partial charge in [-0.15, -0.1) is 0 Å². The molecule has 0 spiro atoms. The Labute approximate surface area is 188 Å². The Bertz CT molecular complexity index is 1010. The third kappa shape index (κ3) is 6.01. The quantitative estimate of drug-likeness (QED) is 0.384. The summed E-state index contributed by atoms with van der Waals surface area (Å²) in [4.78, 5) is 16.6. The first-order valence-electron chi connectivity index (χ1n) is 11.3. The second-order valence-electron chi connectivity index (χ2n) is 8.18. The van der Waals surface area contributed by atoms with Crippen molar-refractivity contribution < 1.29 is 9.53 Å². The summed E-state index contributed by atoms with van der Waals surface area (Å²) in [6.07, 6.45) is 7.12. The minimum absolute atomic E-state index is 0.237. The number of amides is 1. The molecule has 1 amide bonds. The fourth-order valence-electron chi connectivity index (χ4n) is 3.82. The number of aromatic nitrogens is 2. The summed E-state index contributed by atoms with van der Waals surface area (Å²) >= 11 is 6.17. The molecule has 1 fully saturated rings. The smallest absolute Gasteiger partial charge is 0.223 e. The number of carbonyl (C=O) groups is 1. The number of para-hydroxylation sites is 3. The monoisotopic (exact) mass is 439 g/mol. The van der Waals surface area contributed by atoms with Crippen LogP contribution in [0.3, 0.4) is 0 Å². The van der Waals surface area contributed by atoms with Crippen LogP contribution in [0.2, 0.25) is 5.02 Å². The Kier molecular flexibility index (Phi) is 7.47. The van der Waals surface area contributed by atoms with E-state index in [9.17, 15) is 4.79 Å². The summed E-state index contributed by atoms with van der Waals surface area (Å²) < 4.78 is 8.17. The molecule has 1 heterocycles. The zero-order chi connectivity index (χ0) is 21.5. The number of nitrogens with one attached hydrogen (secondary N) is 1. The van der Waals surface area contributed by atoms with Crippen LogP contribution in [-0.2, 0) is 17.8 Å². The molecule has 1 N–H and O–H groups in total. The van der Waals surface area contributed by atoms with Crippen molar-refractivity contribution in [2.75, 3.05) is 13.2 Å². The van der Waals surface area contributed by atoms with Crippen molar-refractivity contribution in [1.82, 2.24) is 14.9 Å².